The Morgan fingerprint density at radius 2 is 1.79 bits per heavy atom. The molecule has 6 heteroatoms. The first-order valence-corrected chi connectivity index (χ1v) is 10.5. The quantitative estimate of drug-likeness (QED) is 0.766. The summed E-state index contributed by atoms with van der Waals surface area (Å²) in [6.45, 7) is 8.70. The molecule has 2 aromatic carbocycles. The van der Waals surface area contributed by atoms with Crippen molar-refractivity contribution in [3.05, 3.63) is 65.2 Å². The smallest absolute Gasteiger partial charge is 0.242 e. The van der Waals surface area contributed by atoms with Crippen molar-refractivity contribution >= 4 is 28.9 Å². The van der Waals surface area contributed by atoms with Crippen LogP contribution in [0.3, 0.4) is 0 Å². The van der Waals surface area contributed by atoms with E-state index in [1.165, 1.54) is 11.1 Å². The number of nitrogens with one attached hydrogen (secondary N) is 1. The minimum atomic E-state index is 0.122. The molecule has 0 aromatic heterocycles. The molecule has 0 saturated carbocycles. The second-order valence-corrected chi connectivity index (χ2v) is 8.13. The Kier molecular flexibility index (Phi) is 7.23. The molecule has 1 aliphatic rings. The minimum absolute atomic E-state index is 0.122. The van der Waals surface area contributed by atoms with E-state index in [-0.39, 0.29) is 12.5 Å². The number of thiocarbonyl (C=S) groups is 1. The molecule has 1 N–H and O–H groups in total. The zero-order valence-electron chi connectivity index (χ0n) is 17.5. The van der Waals surface area contributed by atoms with Crippen LogP contribution >= 0.6 is 12.2 Å². The van der Waals surface area contributed by atoms with Crippen LogP contribution in [0.1, 0.15) is 16.7 Å². The van der Waals surface area contributed by atoms with Crippen LogP contribution in [0, 0.1) is 13.8 Å². The van der Waals surface area contributed by atoms with Gasteiger partial charge >= 0.3 is 0 Å². The van der Waals surface area contributed by atoms with Crippen LogP contribution in [-0.2, 0) is 11.3 Å². The van der Waals surface area contributed by atoms with Crippen LogP contribution < -0.4 is 5.32 Å². The van der Waals surface area contributed by atoms with E-state index in [2.05, 4.69) is 41.4 Å². The van der Waals surface area contributed by atoms with Crippen molar-refractivity contribution in [2.45, 2.75) is 20.4 Å². The van der Waals surface area contributed by atoms with E-state index in [1.54, 1.807) is 0 Å². The summed E-state index contributed by atoms with van der Waals surface area (Å²) in [5.41, 5.74) is 4.72. The largest absolute Gasteiger partial charge is 0.343 e. The third-order valence-electron chi connectivity index (χ3n) is 5.32. The molecule has 0 atom stereocenters. The highest BCUT2D eigenvalue weighted by Crippen LogP contribution is 2.14. The summed E-state index contributed by atoms with van der Waals surface area (Å²) in [4.78, 5) is 18.9. The van der Waals surface area contributed by atoms with Gasteiger partial charge in [0.15, 0.2) is 5.11 Å². The molecule has 1 fully saturated rings. The molecule has 0 radical (unpaired) electrons. The Morgan fingerprint density at radius 3 is 2.48 bits per heavy atom. The number of para-hydroxylation sites is 1. The third kappa shape index (κ3) is 6.02. The lowest BCUT2D eigenvalue weighted by Crippen LogP contribution is -2.51. The van der Waals surface area contributed by atoms with Crippen LogP contribution in [0.4, 0.5) is 5.69 Å². The lowest BCUT2D eigenvalue weighted by atomic mass is 10.1. The zero-order valence-corrected chi connectivity index (χ0v) is 18.3. The maximum absolute atomic E-state index is 12.7. The third-order valence-corrected chi connectivity index (χ3v) is 5.73. The number of likely N-dealkylation sites (N-methyl/N-ethyl adjacent to an activating group) is 1. The summed E-state index contributed by atoms with van der Waals surface area (Å²) in [6.07, 6.45) is 0. The Balaban J connectivity index is 1.45. The Hall–Kier alpha value is -2.44. The molecule has 5 nitrogen and oxygen atoms in total. The molecule has 0 aliphatic carbocycles. The molecule has 0 bridgehead atoms. The van der Waals surface area contributed by atoms with Gasteiger partial charge in [-0.05, 0) is 43.3 Å². The second-order valence-electron chi connectivity index (χ2n) is 7.75. The number of aryl methyl sites for hydroxylation is 2. The average Bonchev–Trinajstić information content (AvgIpc) is 2.70. The topological polar surface area (TPSA) is 38.8 Å². The van der Waals surface area contributed by atoms with Crippen LogP contribution in [0.5, 0.6) is 0 Å². The highest BCUT2D eigenvalue weighted by Gasteiger charge is 2.22. The molecule has 29 heavy (non-hydrogen) atoms. The number of piperazine rings is 1. The molecule has 1 saturated heterocycles. The van der Waals surface area contributed by atoms with Crippen LogP contribution in [0.2, 0.25) is 0 Å². The van der Waals surface area contributed by atoms with Crippen molar-refractivity contribution in [3.8, 4) is 0 Å². The van der Waals surface area contributed by atoms with Gasteiger partial charge in [0.25, 0.3) is 0 Å². The van der Waals surface area contributed by atoms with Gasteiger partial charge in [-0.3, -0.25) is 9.69 Å². The molecule has 1 heterocycles. The standard InChI is InChI=1S/C23H30N4OS/c1-18-7-6-9-20(15-18)16-26-11-13-27(14-12-26)22(28)17-25(3)23(29)24-21-10-5-4-8-19(21)2/h4-10,15H,11-14,16-17H2,1-3H3,(H,24,29). The van der Waals surface area contributed by atoms with Gasteiger partial charge < -0.3 is 15.1 Å². The van der Waals surface area contributed by atoms with Gasteiger partial charge in [-0.25, -0.2) is 0 Å². The first-order valence-electron chi connectivity index (χ1n) is 10.1. The van der Waals surface area contributed by atoms with Gasteiger partial charge in [0.1, 0.15) is 0 Å². The van der Waals surface area contributed by atoms with Crippen LogP contribution in [0.25, 0.3) is 0 Å². The summed E-state index contributed by atoms with van der Waals surface area (Å²) in [5.74, 6) is 0.122. The Labute approximate surface area is 179 Å². The monoisotopic (exact) mass is 410 g/mol. The van der Waals surface area contributed by atoms with E-state index in [9.17, 15) is 4.79 Å². The fourth-order valence-electron chi connectivity index (χ4n) is 3.52. The highest BCUT2D eigenvalue weighted by molar-refractivity contribution is 7.80. The molecule has 0 unspecified atom stereocenters. The van der Waals surface area contributed by atoms with Crippen molar-refractivity contribution in [2.75, 3.05) is 45.1 Å². The molecule has 0 spiro atoms. The predicted octanol–water partition coefficient (Wildman–Crippen LogP) is 3.28. The molecule has 1 amide bonds. The number of rotatable bonds is 5. The number of hydrogen-bond acceptors (Lipinski definition) is 3. The van der Waals surface area contributed by atoms with Crippen molar-refractivity contribution < 1.29 is 4.79 Å². The van der Waals surface area contributed by atoms with E-state index in [0.29, 0.717) is 5.11 Å². The number of amides is 1. The molecular formula is C23H30N4OS. The van der Waals surface area contributed by atoms with Gasteiger partial charge in [-0.1, -0.05) is 48.0 Å². The molecule has 3 rings (SSSR count). The fourth-order valence-corrected chi connectivity index (χ4v) is 3.70. The number of anilines is 1. The number of nitrogens with zero attached hydrogens (tertiary/aromatic N) is 3. The number of carbonyl (C=O) groups excluding carboxylic acids is 1. The Bertz CT molecular complexity index is 861. The maximum Gasteiger partial charge on any atom is 0.242 e. The van der Waals surface area contributed by atoms with Crippen molar-refractivity contribution in [1.82, 2.24) is 14.7 Å². The minimum Gasteiger partial charge on any atom is -0.343 e. The summed E-state index contributed by atoms with van der Waals surface area (Å²) in [5, 5.41) is 3.80. The van der Waals surface area contributed by atoms with Crippen molar-refractivity contribution in [2.24, 2.45) is 0 Å². The van der Waals surface area contributed by atoms with E-state index < -0.39 is 0 Å². The fraction of sp³-hybridized carbons (Fsp3) is 0.391. The number of hydrogen-bond donors (Lipinski definition) is 1. The molecular weight excluding hydrogens is 380 g/mol. The van der Waals surface area contributed by atoms with Crippen LogP contribution in [-0.4, -0.2) is 65.5 Å². The van der Waals surface area contributed by atoms with Crippen molar-refractivity contribution in [1.29, 1.82) is 0 Å². The summed E-state index contributed by atoms with van der Waals surface area (Å²) in [7, 11) is 1.86. The summed E-state index contributed by atoms with van der Waals surface area (Å²) < 4.78 is 0. The van der Waals surface area contributed by atoms with Gasteiger partial charge in [0.2, 0.25) is 5.91 Å². The van der Waals surface area contributed by atoms with E-state index in [0.717, 1.165) is 44.0 Å². The van der Waals surface area contributed by atoms with E-state index >= 15 is 0 Å². The van der Waals surface area contributed by atoms with Gasteiger partial charge in [-0.2, -0.15) is 0 Å². The van der Waals surface area contributed by atoms with Gasteiger partial charge in [0.05, 0.1) is 6.54 Å². The molecule has 2 aromatic rings. The number of carbonyl (C=O) groups is 1. The first-order chi connectivity index (χ1) is 13.9. The lowest BCUT2D eigenvalue weighted by molar-refractivity contribution is -0.133. The van der Waals surface area contributed by atoms with Gasteiger partial charge in [0, 0.05) is 45.5 Å². The summed E-state index contributed by atoms with van der Waals surface area (Å²) in [6, 6.07) is 16.6. The molecule has 1 aliphatic heterocycles. The molecule has 154 valence electrons. The van der Waals surface area contributed by atoms with E-state index in [4.69, 9.17) is 12.2 Å². The normalized spacial score (nSPS) is 14.5. The lowest BCUT2D eigenvalue weighted by Gasteiger charge is -2.35. The maximum atomic E-state index is 12.7. The number of benzene rings is 2. The first kappa shape index (κ1) is 21.3. The second kappa shape index (κ2) is 9.85. The predicted molar refractivity (Wildman–Crippen MR) is 123 cm³/mol. The summed E-state index contributed by atoms with van der Waals surface area (Å²) >= 11 is 5.48. The van der Waals surface area contributed by atoms with E-state index in [1.807, 2.05) is 48.0 Å². The highest BCUT2D eigenvalue weighted by atomic mass is 32.1. The SMILES string of the molecule is Cc1cccc(CN2CCN(C(=O)CN(C)C(=S)Nc3ccccc3C)CC2)c1. The van der Waals surface area contributed by atoms with Gasteiger partial charge in [-0.15, -0.1) is 0 Å². The van der Waals surface area contributed by atoms with Crippen LogP contribution in [0.15, 0.2) is 48.5 Å². The van der Waals surface area contributed by atoms with Crippen molar-refractivity contribution in [3.63, 3.8) is 0 Å². The zero-order chi connectivity index (χ0) is 20.8. The average molecular weight is 411 g/mol. The Morgan fingerprint density at radius 1 is 1.07 bits per heavy atom.